The zero-order chi connectivity index (χ0) is 103. The van der Waals surface area contributed by atoms with Crippen LogP contribution in [0.5, 0.6) is 5.75 Å². The summed E-state index contributed by atoms with van der Waals surface area (Å²) in [7, 11) is 3.91. The van der Waals surface area contributed by atoms with Gasteiger partial charge in [0.05, 0.1) is 31.1 Å². The van der Waals surface area contributed by atoms with Gasteiger partial charge in [-0.25, -0.2) is 4.98 Å². The minimum absolute atomic E-state index is 0.00198. The number of primary amides is 1. The van der Waals surface area contributed by atoms with Crippen LogP contribution in [0.3, 0.4) is 0 Å². The summed E-state index contributed by atoms with van der Waals surface area (Å²) in [5, 5.41) is 70.4. The van der Waals surface area contributed by atoms with Crippen molar-refractivity contribution in [2.24, 2.45) is 23.1 Å². The highest BCUT2D eigenvalue weighted by molar-refractivity contribution is 8.00. The number of phenolic OH excluding ortho intramolecular Hbond substituents is 1. The Bertz CT molecular complexity index is 5380. The van der Waals surface area contributed by atoms with Gasteiger partial charge < -0.3 is 130 Å². The number of hydrogen-bond donors (Lipinski definition) is 19. The molecule has 3 aliphatic rings. The lowest BCUT2D eigenvalue weighted by Crippen LogP contribution is -2.61. The van der Waals surface area contributed by atoms with Gasteiger partial charge in [0.25, 0.3) is 0 Å². The number of thioether (sulfide) groups is 1. The number of imidazole rings is 1. The topological polar surface area (TPSA) is 652 Å². The molecule has 22 N–H and O–H groups in total. The van der Waals surface area contributed by atoms with Gasteiger partial charge in [-0.2, -0.15) is 0 Å². The van der Waals surface area contributed by atoms with Gasteiger partial charge in [-0.1, -0.05) is 102 Å². The predicted octanol–water partition coefficient (Wildman–Crippen LogP) is -0.769. The molecule has 3 fully saturated rings. The fourth-order valence-electron chi connectivity index (χ4n) is 17.8. The molecule has 6 heterocycles. The Labute approximate surface area is 820 Å². The van der Waals surface area contributed by atoms with Crippen molar-refractivity contribution < 1.29 is 107 Å². The summed E-state index contributed by atoms with van der Waals surface area (Å²) in [5.74, 6) is -19.1. The molecule has 9 rings (SSSR count). The first kappa shape index (κ1) is 111. The van der Waals surface area contributed by atoms with Crippen LogP contribution in [0.4, 0.5) is 0 Å². The fourth-order valence-corrected chi connectivity index (χ4v) is 18.6. The fraction of sp³-hybridized carbons (Fsp3) is 0.552. The van der Waals surface area contributed by atoms with E-state index in [0.717, 1.165) is 31.4 Å². The summed E-state index contributed by atoms with van der Waals surface area (Å²) >= 11 is 0.776. The van der Waals surface area contributed by atoms with Gasteiger partial charge in [-0.3, -0.25) is 86.3 Å². The average molecular weight is 1980 g/mol. The molecule has 768 valence electrons. The molecule has 0 radical (unpaired) electrons. The van der Waals surface area contributed by atoms with E-state index in [1.54, 1.807) is 68.6 Å². The molecule has 0 saturated carbocycles. The van der Waals surface area contributed by atoms with Crippen LogP contribution in [0, 0.1) is 5.92 Å². The van der Waals surface area contributed by atoms with Crippen molar-refractivity contribution >= 4 is 140 Å². The smallest absolute Gasteiger partial charge is 0.323 e. The maximum atomic E-state index is 16.1. The number of aliphatic hydroxyl groups excluding tert-OH is 1. The maximum absolute atomic E-state index is 16.1. The van der Waals surface area contributed by atoms with Gasteiger partial charge in [-0.05, 0) is 138 Å². The van der Waals surface area contributed by atoms with Crippen LogP contribution in [-0.2, 0) is 119 Å². The van der Waals surface area contributed by atoms with Crippen LogP contribution in [0.25, 0.3) is 21.8 Å². The number of likely N-dealkylation sites (N-methyl/N-ethyl adjacent to an activating group) is 3. The number of aromatic hydroxyl groups is 1. The van der Waals surface area contributed by atoms with Crippen LogP contribution in [0.2, 0.25) is 0 Å². The summed E-state index contributed by atoms with van der Waals surface area (Å²) in [5.41, 5.74) is 20.1. The Kier molecular flexibility index (Phi) is 42.3. The Morgan fingerprint density at radius 1 is 0.546 bits per heavy atom. The molecule has 45 heteroatoms. The second-order valence-electron chi connectivity index (χ2n) is 36.6. The number of para-hydroxylation sites is 2. The molecular weight excluding hydrogens is 1850 g/mol. The number of H-pyrrole nitrogens is 2. The number of nitrogens with zero attached hydrogens (tertiary/aromatic N) is 7. The number of benzene rings is 3. The number of carboxylic acid groups (broad SMARTS) is 2. The highest BCUT2D eigenvalue weighted by Gasteiger charge is 2.47. The molecule has 3 aromatic carbocycles. The van der Waals surface area contributed by atoms with Crippen molar-refractivity contribution in [3.63, 3.8) is 0 Å². The second-order valence-corrected chi connectivity index (χ2v) is 37.7. The van der Waals surface area contributed by atoms with Crippen molar-refractivity contribution in [3.05, 3.63) is 120 Å². The third-order valence-corrected chi connectivity index (χ3v) is 26.6. The van der Waals surface area contributed by atoms with Crippen LogP contribution in [-0.4, -0.2) is 327 Å². The van der Waals surface area contributed by atoms with E-state index in [-0.39, 0.29) is 115 Å². The lowest BCUT2D eigenvalue weighted by Gasteiger charge is -2.36. The number of hydrogen-bond acceptors (Lipinski definition) is 24. The van der Waals surface area contributed by atoms with E-state index >= 15 is 38.4 Å². The number of nitrogens with one attached hydrogen (secondary N) is 12. The van der Waals surface area contributed by atoms with Gasteiger partial charge in [0.2, 0.25) is 94.5 Å². The molecule has 3 aromatic heterocycles. The first-order valence-electron chi connectivity index (χ1n) is 47.9. The molecule has 6 aromatic rings. The molecule has 0 bridgehead atoms. The van der Waals surface area contributed by atoms with E-state index in [4.69, 9.17) is 17.2 Å². The van der Waals surface area contributed by atoms with Crippen molar-refractivity contribution in [2.75, 3.05) is 65.4 Å². The number of carbonyl (C=O) groups excluding carboxylic acids is 16. The number of aromatic amines is 2. The molecule has 0 unspecified atom stereocenters. The van der Waals surface area contributed by atoms with Gasteiger partial charge in [-0.15, -0.1) is 11.8 Å². The van der Waals surface area contributed by atoms with E-state index in [9.17, 15) is 68.4 Å². The summed E-state index contributed by atoms with van der Waals surface area (Å²) in [6.07, 6.45) is 4.06. The quantitative estimate of drug-likeness (QED) is 0.0238. The van der Waals surface area contributed by atoms with Crippen molar-refractivity contribution in [1.29, 1.82) is 0 Å². The van der Waals surface area contributed by atoms with Gasteiger partial charge in [0.1, 0.15) is 96.9 Å². The van der Waals surface area contributed by atoms with Crippen molar-refractivity contribution in [2.45, 2.75) is 267 Å². The van der Waals surface area contributed by atoms with Crippen LogP contribution in [0.1, 0.15) is 166 Å². The van der Waals surface area contributed by atoms with E-state index in [1.165, 1.54) is 80.5 Å². The number of amides is 16. The number of unbranched alkanes of at least 4 members (excludes halogenated alkanes) is 4. The lowest BCUT2D eigenvalue weighted by atomic mass is 9.99. The van der Waals surface area contributed by atoms with Gasteiger partial charge in [0.15, 0.2) is 0 Å². The number of phenols is 1. The molecule has 3 saturated heterocycles. The number of carbonyl (C=O) groups is 18. The first-order chi connectivity index (χ1) is 67.2. The number of aliphatic carboxylic acids is 2. The van der Waals surface area contributed by atoms with Crippen molar-refractivity contribution in [1.82, 2.24) is 97.2 Å². The zero-order valence-corrected chi connectivity index (χ0v) is 81.7. The number of carboxylic acids is 2. The van der Waals surface area contributed by atoms with Gasteiger partial charge in [0, 0.05) is 118 Å². The summed E-state index contributed by atoms with van der Waals surface area (Å²) in [4.78, 5) is 281. The highest BCUT2D eigenvalue weighted by atomic mass is 32.2. The highest BCUT2D eigenvalue weighted by Crippen LogP contribution is 2.29. The van der Waals surface area contributed by atoms with Gasteiger partial charge >= 0.3 is 11.9 Å². The number of fused-ring (bicyclic) bond motifs is 4. The first-order valence-corrected chi connectivity index (χ1v) is 49.1. The Morgan fingerprint density at radius 3 is 1.74 bits per heavy atom. The molecule has 16 amide bonds. The average Bonchev–Trinajstić information content (AvgIpc) is 1.72. The summed E-state index contributed by atoms with van der Waals surface area (Å²) in [6, 6.07) is -2.43. The Hall–Kier alpha value is -13.6. The van der Waals surface area contributed by atoms with E-state index in [2.05, 4.69) is 68.1 Å². The van der Waals surface area contributed by atoms with E-state index < -0.39 is 241 Å². The Balaban J connectivity index is 1.13. The number of nitrogens with two attached hydrogens (primary N) is 3. The maximum Gasteiger partial charge on any atom is 0.323 e. The molecule has 141 heavy (non-hydrogen) atoms. The zero-order valence-electron chi connectivity index (χ0n) is 80.9. The minimum atomic E-state index is -1.91. The minimum Gasteiger partial charge on any atom is -0.508 e. The monoisotopic (exact) mass is 1980 g/mol. The number of rotatable bonds is 31. The molecule has 3 aliphatic heterocycles. The molecular formula is C96H136N22O22S. The molecule has 44 nitrogen and oxygen atoms in total. The van der Waals surface area contributed by atoms with Crippen LogP contribution >= 0.6 is 11.8 Å². The Morgan fingerprint density at radius 2 is 1.11 bits per heavy atom. The predicted molar refractivity (Wildman–Crippen MR) is 519 cm³/mol. The van der Waals surface area contributed by atoms with E-state index in [1.807, 2.05) is 13.8 Å². The van der Waals surface area contributed by atoms with Crippen LogP contribution < -0.4 is 70.4 Å². The third-order valence-electron chi connectivity index (χ3n) is 25.5. The number of aliphatic hydroxyl groups is 1. The molecule has 0 aliphatic carbocycles. The standard InChI is InChI=1S/C96H136N22O22S/c1-9-11-27-75-89(133)107-67(38-54(3)4)86(130)112-73(84(128)102-47-79(99)121)51-141-52-80(122)104-70(39-56-31-33-60(119)34-32-56)92(136)113(6)55(5)83(127)110-72(44-81(123)124)95(139)117-37-21-30-76(117)90(134)109-69(42-59-46-100-53-103-59)88(132)106-66(26-18-20-36-98)94(138)118-49-61(120)43-78(118)91(135)108-68(40-57-45-101-64-24-15-13-22-62(57)64)87(131)105-65(25-17-19-35-97)85(129)111-71(93(137)115(8)77(28-12-10-2)96(140)114(75)7)41-58-48-116(50-82(125)126)74-29-16-14-23-63(58)74/h13-16,22-24,29,31-34,45-46,48,53-55,61,65-73,75-78,101,119-120H,9-12,17-21,25-28,30,35-44,47,49-52,97-98H2,1-8H3,(H2,99,121)(H,100,103)(H,102,128)(H,104,122)(H,105,131)(H,106,132)(H,107,133)(H,108,135)(H,109,134)(H,110,127)(H,111,129)(H,112,130)(H,123,124)(H,125,126)/t55-,61+,65-,66-,67-,68-,69-,70-,71-,72-,73-,75-,76-,77-,78-/m0/s1. The summed E-state index contributed by atoms with van der Waals surface area (Å²) < 4.78 is 1.45. The van der Waals surface area contributed by atoms with E-state index in [0.29, 0.717) is 82.7 Å². The lowest BCUT2D eigenvalue weighted by molar-refractivity contribution is -0.149. The molecule has 0 spiro atoms. The van der Waals surface area contributed by atoms with Crippen molar-refractivity contribution in [3.8, 4) is 5.75 Å². The molecule has 15 atom stereocenters. The van der Waals surface area contributed by atoms with Crippen LogP contribution in [0.15, 0.2) is 97.7 Å². The largest absolute Gasteiger partial charge is 0.508 e. The number of aromatic nitrogens is 4. The SMILES string of the molecule is CCCC[C@H]1C(=O)N(C)[C@@H](CCCC)C(=O)N[C@@H](CC(C)C)C(=O)N[C@H](C(=O)NCC(N)=O)CSCC(=O)N[C@@H](Cc2ccc(O)cc2)C(=O)N(C)[C@@H](C)C(=O)N[C@@H](CC(=O)O)C(=O)N2CCC[C@H]2C(=O)N[C@@H](Cc2cnc[nH]2)C(=O)N[C@@H](CCCCN)C(=O)N2C[C@H](O)C[C@H]2C(=O)N[C@@H](Cc2c[nH]c3ccccc23)C(=O)N[C@@H](CCCCN)C(=O)N[C@@H](Cc2cn(CC(=O)O)c3ccccc23)C(=O)N1C. The normalized spacial score (nSPS) is 24.3. The third kappa shape index (κ3) is 31.5. The summed E-state index contributed by atoms with van der Waals surface area (Å²) in [6.45, 7) is 6.81. The second kappa shape index (κ2) is 53.7.